The number of amides is 2. The van der Waals surface area contributed by atoms with Gasteiger partial charge in [0.05, 0.1) is 22.7 Å². The first-order valence-corrected chi connectivity index (χ1v) is 9.99. The van der Waals surface area contributed by atoms with Crippen molar-refractivity contribution in [1.29, 1.82) is 0 Å². The standard InChI is InChI=1S/C22H23ClN2O5/c1-14(2)30-17-9-7-16(8-10-17)25-12-15(11-21(25)27)22(28)29-13-20(26)24-19-6-4-3-5-18(19)23/h3-10,14-15H,11-13H2,1-2H3,(H,24,26)/t15-/m0/s1. The number of nitrogens with one attached hydrogen (secondary N) is 1. The number of nitrogens with zero attached hydrogens (tertiary/aromatic N) is 1. The third-order valence-electron chi connectivity index (χ3n) is 4.47. The Morgan fingerprint density at radius 3 is 2.53 bits per heavy atom. The molecule has 1 N–H and O–H groups in total. The van der Waals surface area contributed by atoms with Gasteiger partial charge in [0, 0.05) is 18.7 Å². The van der Waals surface area contributed by atoms with Crippen molar-refractivity contribution in [2.45, 2.75) is 26.4 Å². The Labute approximate surface area is 179 Å². The molecule has 1 aliphatic rings. The van der Waals surface area contributed by atoms with Gasteiger partial charge in [0.25, 0.3) is 5.91 Å². The maximum Gasteiger partial charge on any atom is 0.311 e. The van der Waals surface area contributed by atoms with Crippen molar-refractivity contribution in [2.75, 3.05) is 23.4 Å². The normalized spacial score (nSPS) is 15.9. The summed E-state index contributed by atoms with van der Waals surface area (Å²) in [4.78, 5) is 38.2. The molecule has 0 aromatic heterocycles. The fraction of sp³-hybridized carbons (Fsp3) is 0.318. The minimum absolute atomic E-state index is 0.0369. The van der Waals surface area contributed by atoms with E-state index >= 15 is 0 Å². The van der Waals surface area contributed by atoms with Crippen LogP contribution in [0.5, 0.6) is 5.75 Å². The summed E-state index contributed by atoms with van der Waals surface area (Å²) >= 11 is 5.99. The monoisotopic (exact) mass is 430 g/mol. The molecule has 30 heavy (non-hydrogen) atoms. The van der Waals surface area contributed by atoms with Gasteiger partial charge in [-0.25, -0.2) is 0 Å². The zero-order valence-corrected chi connectivity index (χ0v) is 17.5. The van der Waals surface area contributed by atoms with E-state index in [-0.39, 0.29) is 25.0 Å². The number of esters is 1. The van der Waals surface area contributed by atoms with Gasteiger partial charge < -0.3 is 19.7 Å². The number of ether oxygens (including phenoxy) is 2. The molecule has 158 valence electrons. The van der Waals surface area contributed by atoms with Crippen LogP contribution in [0.2, 0.25) is 5.02 Å². The van der Waals surface area contributed by atoms with E-state index in [1.54, 1.807) is 48.5 Å². The largest absolute Gasteiger partial charge is 0.491 e. The molecule has 1 fully saturated rings. The Morgan fingerprint density at radius 1 is 1.17 bits per heavy atom. The number of rotatable bonds is 7. The van der Waals surface area contributed by atoms with E-state index in [0.29, 0.717) is 22.1 Å². The molecule has 1 saturated heterocycles. The van der Waals surface area contributed by atoms with Gasteiger partial charge in [-0.3, -0.25) is 14.4 Å². The summed E-state index contributed by atoms with van der Waals surface area (Å²) in [5.41, 5.74) is 1.12. The highest BCUT2D eigenvalue weighted by Gasteiger charge is 2.36. The molecule has 0 spiro atoms. The maximum atomic E-state index is 12.4. The van der Waals surface area contributed by atoms with Gasteiger partial charge in [0.1, 0.15) is 5.75 Å². The Kier molecular flexibility index (Phi) is 6.95. The number of hydrogen-bond donors (Lipinski definition) is 1. The summed E-state index contributed by atoms with van der Waals surface area (Å²) in [7, 11) is 0. The molecule has 3 rings (SSSR count). The highest BCUT2D eigenvalue weighted by molar-refractivity contribution is 6.33. The quantitative estimate of drug-likeness (QED) is 0.677. The topological polar surface area (TPSA) is 84.9 Å². The molecular weight excluding hydrogens is 408 g/mol. The van der Waals surface area contributed by atoms with Gasteiger partial charge in [-0.1, -0.05) is 23.7 Å². The second-order valence-electron chi connectivity index (χ2n) is 7.20. The summed E-state index contributed by atoms with van der Waals surface area (Å²) < 4.78 is 10.7. The van der Waals surface area contributed by atoms with E-state index in [1.807, 2.05) is 13.8 Å². The molecule has 0 aliphatic carbocycles. The fourth-order valence-corrected chi connectivity index (χ4v) is 3.28. The second-order valence-corrected chi connectivity index (χ2v) is 7.61. The Hall–Kier alpha value is -3.06. The van der Waals surface area contributed by atoms with Gasteiger partial charge in [-0.05, 0) is 50.2 Å². The summed E-state index contributed by atoms with van der Waals surface area (Å²) in [5, 5.41) is 2.97. The summed E-state index contributed by atoms with van der Waals surface area (Å²) in [5.74, 6) is -1.17. The van der Waals surface area contributed by atoms with Crippen LogP contribution in [0.25, 0.3) is 0 Å². The zero-order chi connectivity index (χ0) is 21.7. The number of anilines is 2. The zero-order valence-electron chi connectivity index (χ0n) is 16.8. The molecule has 8 heteroatoms. The maximum absolute atomic E-state index is 12.4. The van der Waals surface area contributed by atoms with Crippen molar-refractivity contribution in [3.63, 3.8) is 0 Å². The Balaban J connectivity index is 1.52. The van der Waals surface area contributed by atoms with Crippen LogP contribution in [0.3, 0.4) is 0 Å². The van der Waals surface area contributed by atoms with E-state index in [9.17, 15) is 14.4 Å². The highest BCUT2D eigenvalue weighted by Crippen LogP contribution is 2.28. The summed E-state index contributed by atoms with van der Waals surface area (Å²) in [6.07, 6.45) is 0.0911. The minimum Gasteiger partial charge on any atom is -0.491 e. The van der Waals surface area contributed by atoms with E-state index < -0.39 is 24.4 Å². The van der Waals surface area contributed by atoms with Crippen LogP contribution in [-0.2, 0) is 19.1 Å². The molecule has 1 atom stereocenters. The van der Waals surface area contributed by atoms with Crippen molar-refractivity contribution < 1.29 is 23.9 Å². The summed E-state index contributed by atoms with van der Waals surface area (Å²) in [6.45, 7) is 3.62. The smallest absolute Gasteiger partial charge is 0.311 e. The third kappa shape index (κ3) is 5.51. The van der Waals surface area contributed by atoms with Crippen LogP contribution in [0.15, 0.2) is 48.5 Å². The van der Waals surface area contributed by atoms with Gasteiger partial charge >= 0.3 is 5.97 Å². The van der Waals surface area contributed by atoms with Gasteiger partial charge in [0.15, 0.2) is 6.61 Å². The SMILES string of the molecule is CC(C)Oc1ccc(N2C[C@@H](C(=O)OCC(=O)Nc3ccccc3Cl)CC2=O)cc1. The number of carbonyl (C=O) groups is 3. The average Bonchev–Trinajstić information content (AvgIpc) is 3.10. The molecule has 0 bridgehead atoms. The lowest BCUT2D eigenvalue weighted by Crippen LogP contribution is -2.28. The first-order valence-electron chi connectivity index (χ1n) is 9.61. The molecule has 0 saturated carbocycles. The molecule has 0 unspecified atom stereocenters. The van der Waals surface area contributed by atoms with Gasteiger partial charge in [-0.2, -0.15) is 0 Å². The van der Waals surface area contributed by atoms with Crippen molar-refractivity contribution in [2.24, 2.45) is 5.92 Å². The van der Waals surface area contributed by atoms with Crippen LogP contribution in [0.1, 0.15) is 20.3 Å². The highest BCUT2D eigenvalue weighted by atomic mass is 35.5. The molecule has 0 radical (unpaired) electrons. The van der Waals surface area contributed by atoms with Crippen molar-refractivity contribution in [3.05, 3.63) is 53.6 Å². The lowest BCUT2D eigenvalue weighted by atomic mass is 10.1. The van der Waals surface area contributed by atoms with Crippen molar-refractivity contribution in [3.8, 4) is 5.75 Å². The van der Waals surface area contributed by atoms with E-state index in [2.05, 4.69) is 5.32 Å². The van der Waals surface area contributed by atoms with Gasteiger partial charge in [0.2, 0.25) is 5.91 Å². The number of benzene rings is 2. The lowest BCUT2D eigenvalue weighted by Gasteiger charge is -2.17. The van der Waals surface area contributed by atoms with Crippen LogP contribution >= 0.6 is 11.6 Å². The fourth-order valence-electron chi connectivity index (χ4n) is 3.10. The van der Waals surface area contributed by atoms with E-state index in [1.165, 1.54) is 4.90 Å². The molecule has 1 aliphatic heterocycles. The van der Waals surface area contributed by atoms with Crippen LogP contribution in [0.4, 0.5) is 11.4 Å². The average molecular weight is 431 g/mol. The van der Waals surface area contributed by atoms with Crippen LogP contribution < -0.4 is 15.0 Å². The molecule has 1 heterocycles. The summed E-state index contributed by atoms with van der Waals surface area (Å²) in [6, 6.07) is 13.9. The van der Waals surface area contributed by atoms with E-state index in [4.69, 9.17) is 21.1 Å². The van der Waals surface area contributed by atoms with Crippen LogP contribution in [0, 0.1) is 5.92 Å². The first kappa shape index (κ1) is 21.6. The predicted octanol–water partition coefficient (Wildman–Crippen LogP) is 3.66. The number of hydrogen-bond acceptors (Lipinski definition) is 5. The minimum atomic E-state index is -0.628. The molecule has 2 aromatic carbocycles. The van der Waals surface area contributed by atoms with Crippen molar-refractivity contribution in [1.82, 2.24) is 0 Å². The Bertz CT molecular complexity index is 929. The molecule has 2 amide bonds. The van der Waals surface area contributed by atoms with E-state index in [0.717, 1.165) is 0 Å². The third-order valence-corrected chi connectivity index (χ3v) is 4.80. The first-order chi connectivity index (χ1) is 14.3. The van der Waals surface area contributed by atoms with Gasteiger partial charge in [-0.15, -0.1) is 0 Å². The molecule has 7 nitrogen and oxygen atoms in total. The predicted molar refractivity (Wildman–Crippen MR) is 114 cm³/mol. The Morgan fingerprint density at radius 2 is 1.87 bits per heavy atom. The number of carbonyl (C=O) groups excluding carboxylic acids is 3. The molecular formula is C22H23ClN2O5. The number of halogens is 1. The number of para-hydroxylation sites is 1. The van der Waals surface area contributed by atoms with Crippen molar-refractivity contribution >= 4 is 40.8 Å². The van der Waals surface area contributed by atoms with Crippen LogP contribution in [-0.4, -0.2) is 37.0 Å². The second kappa shape index (κ2) is 9.63. The lowest BCUT2D eigenvalue weighted by molar-refractivity contribution is -0.151. The molecule has 2 aromatic rings.